The summed E-state index contributed by atoms with van der Waals surface area (Å²) in [5, 5.41) is 18.0. The summed E-state index contributed by atoms with van der Waals surface area (Å²) in [7, 11) is 0. The van der Waals surface area contributed by atoms with Crippen molar-refractivity contribution in [2.24, 2.45) is 0 Å². The van der Waals surface area contributed by atoms with Gasteiger partial charge in [0.25, 0.3) is 0 Å². The molecule has 3 rings (SSSR count). The van der Waals surface area contributed by atoms with Crippen LogP contribution in [0.3, 0.4) is 0 Å². The molecule has 0 saturated heterocycles. The molecule has 0 aliphatic carbocycles. The highest BCUT2D eigenvalue weighted by Gasteiger charge is 2.11. The molecule has 0 bridgehead atoms. The van der Waals surface area contributed by atoms with Gasteiger partial charge in [0.2, 0.25) is 11.8 Å². The predicted octanol–water partition coefficient (Wildman–Crippen LogP) is 4.39. The molecule has 2 aromatic carbocycles. The van der Waals surface area contributed by atoms with Crippen molar-refractivity contribution in [2.75, 3.05) is 0 Å². The lowest BCUT2D eigenvalue weighted by Crippen LogP contribution is -1.80. The fourth-order valence-corrected chi connectivity index (χ4v) is 2.78. The van der Waals surface area contributed by atoms with Crippen LogP contribution in [-0.4, -0.2) is 15.3 Å². The molecule has 4 nitrogen and oxygen atoms in total. The second kappa shape index (κ2) is 6.20. The lowest BCUT2D eigenvalue weighted by molar-refractivity contribution is 0.474. The average molecular weight is 319 g/mol. The molecule has 0 amide bonds. The minimum atomic E-state index is 0.238. The number of phenolic OH excluding ortho intramolecular Hbond substituents is 1. The molecule has 0 aliphatic rings. The Balaban J connectivity index is 1.72. The number of aromatic nitrogens is 2. The van der Waals surface area contributed by atoms with Crippen LogP contribution < -0.4 is 0 Å². The quantitative estimate of drug-likeness (QED) is 0.723. The molecule has 1 N–H and O–H groups in total. The van der Waals surface area contributed by atoms with Crippen LogP contribution in [0, 0.1) is 0 Å². The topological polar surface area (TPSA) is 59.2 Å². The van der Waals surface area contributed by atoms with Gasteiger partial charge in [-0.3, -0.25) is 0 Å². The lowest BCUT2D eigenvalue weighted by atomic mass is 10.2. The van der Waals surface area contributed by atoms with E-state index in [9.17, 15) is 5.11 Å². The van der Waals surface area contributed by atoms with Crippen molar-refractivity contribution in [3.05, 3.63) is 59.4 Å². The largest absolute Gasteiger partial charge is 0.508 e. The zero-order valence-electron chi connectivity index (χ0n) is 10.9. The number of rotatable bonds is 4. The third kappa shape index (κ3) is 3.37. The van der Waals surface area contributed by atoms with E-state index in [4.69, 9.17) is 16.0 Å². The van der Waals surface area contributed by atoms with E-state index in [1.165, 1.54) is 11.8 Å². The summed E-state index contributed by atoms with van der Waals surface area (Å²) < 4.78 is 5.61. The van der Waals surface area contributed by atoms with Gasteiger partial charge in [-0.2, -0.15) is 0 Å². The number of hydrogen-bond donors (Lipinski definition) is 1. The molecule has 21 heavy (non-hydrogen) atoms. The molecule has 106 valence electrons. The van der Waals surface area contributed by atoms with Gasteiger partial charge in [0.1, 0.15) is 5.75 Å². The van der Waals surface area contributed by atoms with E-state index >= 15 is 0 Å². The van der Waals surface area contributed by atoms with Crippen LogP contribution in [0.15, 0.2) is 57.8 Å². The van der Waals surface area contributed by atoms with Crippen molar-refractivity contribution < 1.29 is 9.52 Å². The molecule has 3 aromatic rings. The van der Waals surface area contributed by atoms with Gasteiger partial charge in [0, 0.05) is 4.90 Å². The Kier molecular flexibility index (Phi) is 4.13. The smallest absolute Gasteiger partial charge is 0.249 e. The second-order valence-corrected chi connectivity index (χ2v) is 5.72. The van der Waals surface area contributed by atoms with E-state index in [0.717, 1.165) is 10.5 Å². The summed E-state index contributed by atoms with van der Waals surface area (Å²) in [6.07, 6.45) is 0. The minimum absolute atomic E-state index is 0.238. The standard InChI is InChI=1S/C15H11ClN2O2S/c16-13-7-2-1-6-12(13)15-18-17-14(20-15)9-21-11-5-3-4-10(19)8-11/h1-8,19H,9H2. The summed E-state index contributed by atoms with van der Waals surface area (Å²) >= 11 is 7.61. The Morgan fingerprint density at radius 3 is 2.76 bits per heavy atom. The summed E-state index contributed by atoms with van der Waals surface area (Å²) in [6, 6.07) is 14.4. The summed E-state index contributed by atoms with van der Waals surface area (Å²) in [5.74, 6) is 1.69. The van der Waals surface area contributed by atoms with Crippen LogP contribution in [0.5, 0.6) is 5.75 Å². The fraction of sp³-hybridized carbons (Fsp3) is 0.0667. The maximum absolute atomic E-state index is 9.41. The van der Waals surface area contributed by atoms with Crippen molar-refractivity contribution in [3.8, 4) is 17.2 Å². The van der Waals surface area contributed by atoms with E-state index in [2.05, 4.69) is 10.2 Å². The van der Waals surface area contributed by atoms with Crippen LogP contribution in [0.2, 0.25) is 5.02 Å². The number of hydrogen-bond acceptors (Lipinski definition) is 5. The van der Waals surface area contributed by atoms with Crippen LogP contribution in [0.4, 0.5) is 0 Å². The zero-order valence-corrected chi connectivity index (χ0v) is 12.4. The maximum Gasteiger partial charge on any atom is 0.249 e. The van der Waals surface area contributed by atoms with Gasteiger partial charge in [0.05, 0.1) is 16.3 Å². The second-order valence-electron chi connectivity index (χ2n) is 4.27. The first-order valence-electron chi connectivity index (χ1n) is 6.21. The van der Waals surface area contributed by atoms with Gasteiger partial charge in [-0.1, -0.05) is 29.8 Å². The summed E-state index contributed by atoms with van der Waals surface area (Å²) in [6.45, 7) is 0. The molecule has 6 heteroatoms. The van der Waals surface area contributed by atoms with Gasteiger partial charge >= 0.3 is 0 Å². The molecular formula is C15H11ClN2O2S. The molecule has 0 atom stereocenters. The highest BCUT2D eigenvalue weighted by Crippen LogP contribution is 2.29. The Bertz CT molecular complexity index is 761. The van der Waals surface area contributed by atoms with E-state index in [0.29, 0.717) is 22.6 Å². The molecule has 0 fully saturated rings. The van der Waals surface area contributed by atoms with Crippen LogP contribution >= 0.6 is 23.4 Å². The minimum Gasteiger partial charge on any atom is -0.508 e. The average Bonchev–Trinajstić information content (AvgIpc) is 2.94. The Morgan fingerprint density at radius 2 is 1.95 bits per heavy atom. The Labute approximate surface area is 130 Å². The molecule has 0 aliphatic heterocycles. The number of nitrogens with zero attached hydrogens (tertiary/aromatic N) is 2. The molecule has 0 radical (unpaired) electrons. The number of thioether (sulfide) groups is 1. The molecule has 0 spiro atoms. The monoisotopic (exact) mass is 318 g/mol. The van der Waals surface area contributed by atoms with Gasteiger partial charge < -0.3 is 9.52 Å². The van der Waals surface area contributed by atoms with Crippen LogP contribution in [-0.2, 0) is 5.75 Å². The number of aromatic hydroxyl groups is 1. The van der Waals surface area contributed by atoms with Crippen molar-refractivity contribution in [2.45, 2.75) is 10.6 Å². The molecule has 0 saturated carbocycles. The van der Waals surface area contributed by atoms with E-state index in [-0.39, 0.29) is 5.75 Å². The Hall–Kier alpha value is -1.98. The lowest BCUT2D eigenvalue weighted by Gasteiger charge is -1.99. The van der Waals surface area contributed by atoms with Crippen molar-refractivity contribution in [3.63, 3.8) is 0 Å². The first-order chi connectivity index (χ1) is 10.2. The number of phenols is 1. The predicted molar refractivity (Wildman–Crippen MR) is 82.4 cm³/mol. The van der Waals surface area contributed by atoms with E-state index in [1.807, 2.05) is 24.3 Å². The molecule has 1 aromatic heterocycles. The highest BCUT2D eigenvalue weighted by molar-refractivity contribution is 7.98. The summed E-state index contributed by atoms with van der Waals surface area (Å²) in [4.78, 5) is 0.937. The third-order valence-electron chi connectivity index (χ3n) is 2.75. The van der Waals surface area contributed by atoms with Crippen molar-refractivity contribution in [1.82, 2.24) is 10.2 Å². The number of benzene rings is 2. The summed E-state index contributed by atoms with van der Waals surface area (Å²) in [5.41, 5.74) is 0.722. The zero-order chi connectivity index (χ0) is 14.7. The molecule has 0 unspecified atom stereocenters. The van der Waals surface area contributed by atoms with Gasteiger partial charge in [-0.25, -0.2) is 0 Å². The molecular weight excluding hydrogens is 308 g/mol. The van der Waals surface area contributed by atoms with Gasteiger partial charge in [-0.15, -0.1) is 22.0 Å². The van der Waals surface area contributed by atoms with Crippen molar-refractivity contribution in [1.29, 1.82) is 0 Å². The first-order valence-corrected chi connectivity index (χ1v) is 7.58. The van der Waals surface area contributed by atoms with Gasteiger partial charge in [0.15, 0.2) is 0 Å². The Morgan fingerprint density at radius 1 is 1.10 bits per heavy atom. The maximum atomic E-state index is 9.41. The fourth-order valence-electron chi connectivity index (χ4n) is 1.77. The first kappa shape index (κ1) is 14.0. The third-order valence-corrected chi connectivity index (χ3v) is 4.06. The van der Waals surface area contributed by atoms with Crippen molar-refractivity contribution >= 4 is 23.4 Å². The van der Waals surface area contributed by atoms with E-state index in [1.54, 1.807) is 24.3 Å². The number of halogens is 1. The van der Waals surface area contributed by atoms with Gasteiger partial charge in [-0.05, 0) is 30.3 Å². The normalized spacial score (nSPS) is 10.7. The molecule has 1 heterocycles. The highest BCUT2D eigenvalue weighted by atomic mass is 35.5. The van der Waals surface area contributed by atoms with Crippen LogP contribution in [0.1, 0.15) is 5.89 Å². The van der Waals surface area contributed by atoms with E-state index < -0.39 is 0 Å². The SMILES string of the molecule is Oc1cccc(SCc2nnc(-c3ccccc3Cl)o2)c1. The van der Waals surface area contributed by atoms with Crippen LogP contribution in [0.25, 0.3) is 11.5 Å².